The predicted molar refractivity (Wildman–Crippen MR) is 60.2 cm³/mol. The van der Waals surface area contributed by atoms with E-state index in [1.807, 2.05) is 18.3 Å². The molecule has 78 valence electrons. The zero-order chi connectivity index (χ0) is 10.3. The summed E-state index contributed by atoms with van der Waals surface area (Å²) in [6.07, 6.45) is 1.94. The fourth-order valence-electron chi connectivity index (χ4n) is 1.96. The van der Waals surface area contributed by atoms with E-state index >= 15 is 0 Å². The molecule has 0 amide bonds. The molecule has 0 spiro atoms. The van der Waals surface area contributed by atoms with E-state index in [1.54, 1.807) is 0 Å². The van der Waals surface area contributed by atoms with Gasteiger partial charge >= 0.3 is 0 Å². The molecule has 3 rings (SSSR count). The molecule has 0 atom stereocenters. The summed E-state index contributed by atoms with van der Waals surface area (Å²) in [4.78, 5) is 3.19. The number of benzene rings is 1. The maximum Gasteiger partial charge on any atom is 0.131 e. The number of fused-ring (bicyclic) bond motifs is 1. The lowest BCUT2D eigenvalue weighted by Crippen LogP contribution is -2.61. The molecule has 0 bridgehead atoms. The number of H-pyrrole nitrogens is 1. The van der Waals surface area contributed by atoms with Crippen LogP contribution in [-0.2, 0) is 0 Å². The minimum absolute atomic E-state index is 0.0362. The van der Waals surface area contributed by atoms with Crippen molar-refractivity contribution in [3.05, 3.63) is 30.5 Å². The van der Waals surface area contributed by atoms with E-state index < -0.39 is 0 Å². The quantitative estimate of drug-likeness (QED) is 0.780. The Balaban J connectivity index is 1.99. The van der Waals surface area contributed by atoms with Gasteiger partial charge in [0.2, 0.25) is 0 Å². The zero-order valence-electron chi connectivity index (χ0n) is 8.71. The maximum absolute atomic E-state index is 6.03. The van der Waals surface area contributed by atoms with Gasteiger partial charge in [-0.1, -0.05) is 6.07 Å². The van der Waals surface area contributed by atoms with Gasteiger partial charge < -0.3 is 15.0 Å². The molecule has 0 aliphatic carbocycles. The second kappa shape index (κ2) is 3.00. The summed E-state index contributed by atoms with van der Waals surface area (Å²) in [5.74, 6) is 0.970. The average molecular weight is 202 g/mol. The van der Waals surface area contributed by atoms with Gasteiger partial charge in [-0.2, -0.15) is 0 Å². The first kappa shape index (κ1) is 8.80. The van der Waals surface area contributed by atoms with Crippen LogP contribution < -0.4 is 10.1 Å². The number of aromatic nitrogens is 1. The number of rotatable bonds is 2. The Morgan fingerprint density at radius 2 is 2.13 bits per heavy atom. The highest BCUT2D eigenvalue weighted by molar-refractivity contribution is 5.85. The molecule has 1 aliphatic rings. The van der Waals surface area contributed by atoms with Crippen LogP contribution >= 0.6 is 0 Å². The van der Waals surface area contributed by atoms with Gasteiger partial charge in [0.25, 0.3) is 0 Å². The molecule has 0 unspecified atom stereocenters. The Morgan fingerprint density at radius 3 is 2.87 bits per heavy atom. The summed E-state index contributed by atoms with van der Waals surface area (Å²) in [6.45, 7) is 3.98. The topological polar surface area (TPSA) is 37.0 Å². The molecule has 1 aromatic heterocycles. The Bertz CT molecular complexity index is 485. The molecule has 2 aromatic rings. The fraction of sp³-hybridized carbons (Fsp3) is 0.333. The minimum Gasteiger partial charge on any atom is -0.484 e. The number of hydrogen-bond donors (Lipinski definition) is 2. The second-order valence-corrected chi connectivity index (χ2v) is 4.35. The third kappa shape index (κ3) is 1.39. The second-order valence-electron chi connectivity index (χ2n) is 4.35. The van der Waals surface area contributed by atoms with Gasteiger partial charge in [-0.3, -0.25) is 0 Å². The Labute approximate surface area is 88.4 Å². The largest absolute Gasteiger partial charge is 0.484 e. The molecule has 0 radical (unpaired) electrons. The van der Waals surface area contributed by atoms with Gasteiger partial charge in [0.05, 0.1) is 0 Å². The van der Waals surface area contributed by atoms with E-state index in [0.29, 0.717) is 0 Å². The highest BCUT2D eigenvalue weighted by atomic mass is 16.5. The normalized spacial score (nSPS) is 18.7. The van der Waals surface area contributed by atoms with Gasteiger partial charge in [0, 0.05) is 30.2 Å². The van der Waals surface area contributed by atoms with Crippen LogP contribution in [0.1, 0.15) is 6.92 Å². The molecule has 1 fully saturated rings. The Hall–Kier alpha value is -1.48. The molecular formula is C12H14N2O. The molecule has 2 N–H and O–H groups in total. The van der Waals surface area contributed by atoms with Crippen molar-refractivity contribution in [2.75, 3.05) is 13.1 Å². The molecule has 15 heavy (non-hydrogen) atoms. The molecule has 0 saturated carbocycles. The van der Waals surface area contributed by atoms with E-state index in [1.165, 1.54) is 0 Å². The third-order valence-electron chi connectivity index (χ3n) is 2.91. The van der Waals surface area contributed by atoms with Crippen LogP contribution in [0, 0.1) is 0 Å². The summed E-state index contributed by atoms with van der Waals surface area (Å²) >= 11 is 0. The fourth-order valence-corrected chi connectivity index (χ4v) is 1.96. The van der Waals surface area contributed by atoms with Crippen LogP contribution in [0.5, 0.6) is 5.75 Å². The first-order chi connectivity index (χ1) is 7.27. The number of ether oxygens (including phenoxy) is 1. The summed E-state index contributed by atoms with van der Waals surface area (Å²) in [5, 5.41) is 4.39. The highest BCUT2D eigenvalue weighted by Crippen LogP contribution is 2.29. The molecule has 1 aromatic carbocycles. The van der Waals surface area contributed by atoms with E-state index in [2.05, 4.69) is 29.4 Å². The monoisotopic (exact) mass is 202 g/mol. The molecule has 1 saturated heterocycles. The van der Waals surface area contributed by atoms with Crippen LogP contribution in [0.15, 0.2) is 30.5 Å². The van der Waals surface area contributed by atoms with Crippen molar-refractivity contribution in [3.8, 4) is 5.75 Å². The van der Waals surface area contributed by atoms with Crippen LogP contribution in [0.25, 0.3) is 10.9 Å². The molecule has 3 heteroatoms. The smallest absolute Gasteiger partial charge is 0.131 e. The van der Waals surface area contributed by atoms with Gasteiger partial charge in [0.15, 0.2) is 0 Å². The van der Waals surface area contributed by atoms with Crippen LogP contribution in [0.4, 0.5) is 0 Å². The number of nitrogens with one attached hydrogen (secondary N) is 2. The van der Waals surface area contributed by atoms with Crippen LogP contribution in [-0.4, -0.2) is 23.7 Å². The first-order valence-electron chi connectivity index (χ1n) is 5.23. The Morgan fingerprint density at radius 1 is 1.27 bits per heavy atom. The van der Waals surface area contributed by atoms with Crippen molar-refractivity contribution >= 4 is 10.9 Å². The van der Waals surface area contributed by atoms with Crippen LogP contribution in [0.2, 0.25) is 0 Å². The van der Waals surface area contributed by atoms with Crippen molar-refractivity contribution in [2.45, 2.75) is 12.5 Å². The van der Waals surface area contributed by atoms with Gasteiger partial charge in [-0.15, -0.1) is 0 Å². The average Bonchev–Trinajstić information content (AvgIpc) is 2.64. The first-order valence-corrected chi connectivity index (χ1v) is 5.23. The summed E-state index contributed by atoms with van der Waals surface area (Å²) in [5.41, 5.74) is 1.09. The summed E-state index contributed by atoms with van der Waals surface area (Å²) < 4.78 is 6.03. The van der Waals surface area contributed by atoms with Crippen LogP contribution in [0.3, 0.4) is 0 Å². The maximum atomic E-state index is 6.03. The molecule has 1 aliphatic heterocycles. The standard InChI is InChI=1S/C12H14N2O/c1-12(7-13-8-12)15-11-4-2-3-10-9(11)5-6-14-10/h2-6,13-14H,7-8H2,1H3. The van der Waals surface area contributed by atoms with Gasteiger partial charge in [0.1, 0.15) is 11.4 Å². The lowest BCUT2D eigenvalue weighted by Gasteiger charge is -2.39. The molecule has 3 nitrogen and oxygen atoms in total. The zero-order valence-corrected chi connectivity index (χ0v) is 8.71. The number of aromatic amines is 1. The number of hydrogen-bond acceptors (Lipinski definition) is 2. The summed E-state index contributed by atoms with van der Waals surface area (Å²) in [6, 6.07) is 8.16. The highest BCUT2D eigenvalue weighted by Gasteiger charge is 2.34. The van der Waals surface area contributed by atoms with Crippen molar-refractivity contribution in [2.24, 2.45) is 0 Å². The summed E-state index contributed by atoms with van der Waals surface area (Å²) in [7, 11) is 0. The van der Waals surface area contributed by atoms with E-state index in [4.69, 9.17) is 4.74 Å². The van der Waals surface area contributed by atoms with E-state index in [-0.39, 0.29) is 5.60 Å². The lowest BCUT2D eigenvalue weighted by molar-refractivity contribution is 0.0364. The van der Waals surface area contributed by atoms with Crippen molar-refractivity contribution in [3.63, 3.8) is 0 Å². The minimum atomic E-state index is -0.0362. The van der Waals surface area contributed by atoms with E-state index in [0.717, 1.165) is 29.7 Å². The predicted octanol–water partition coefficient (Wildman–Crippen LogP) is 1.91. The Kier molecular flexibility index (Phi) is 1.76. The lowest BCUT2D eigenvalue weighted by atomic mass is 10.00. The molecular weight excluding hydrogens is 188 g/mol. The molecule has 2 heterocycles. The van der Waals surface area contributed by atoms with Gasteiger partial charge in [-0.25, -0.2) is 0 Å². The third-order valence-corrected chi connectivity index (χ3v) is 2.91. The SMILES string of the molecule is CC1(Oc2cccc3[nH]ccc23)CNC1. The van der Waals surface area contributed by atoms with Crippen molar-refractivity contribution in [1.82, 2.24) is 10.3 Å². The van der Waals surface area contributed by atoms with E-state index in [9.17, 15) is 0 Å². The van der Waals surface area contributed by atoms with Crippen molar-refractivity contribution < 1.29 is 4.74 Å². The van der Waals surface area contributed by atoms with Gasteiger partial charge in [-0.05, 0) is 25.1 Å². The van der Waals surface area contributed by atoms with Crippen molar-refractivity contribution in [1.29, 1.82) is 0 Å².